The van der Waals surface area contributed by atoms with E-state index in [-0.39, 0.29) is 12.2 Å². The van der Waals surface area contributed by atoms with Gasteiger partial charge in [-0.15, -0.1) is 0 Å². The molecule has 0 aliphatic rings. The van der Waals surface area contributed by atoms with Crippen molar-refractivity contribution >= 4 is 14.0 Å². The fourth-order valence-corrected chi connectivity index (χ4v) is 4.82. The smallest absolute Gasteiger partial charge is 0.373 e. The first-order valence-electron chi connectivity index (χ1n) is 8.58. The summed E-state index contributed by atoms with van der Waals surface area (Å²) in [6.07, 6.45) is 0.185. The number of rotatable bonds is 11. The molecule has 1 atom stereocenters. The van der Waals surface area contributed by atoms with Crippen molar-refractivity contribution in [2.75, 3.05) is 19.8 Å². The second-order valence-corrected chi connectivity index (χ2v) is 8.62. The van der Waals surface area contributed by atoms with E-state index in [2.05, 4.69) is 13.8 Å². The van der Waals surface area contributed by atoms with Crippen molar-refractivity contribution < 1.29 is 18.0 Å². The average molecular weight is 341 g/mol. The Labute approximate surface area is 142 Å². The molecular formula is C18H32O4Si. The lowest BCUT2D eigenvalue weighted by Crippen LogP contribution is -2.58. The van der Waals surface area contributed by atoms with E-state index < -0.39 is 8.80 Å². The molecule has 1 aromatic carbocycles. The summed E-state index contributed by atoms with van der Waals surface area (Å²) in [5.41, 5.74) is 0. The second kappa shape index (κ2) is 10.2. The van der Waals surface area contributed by atoms with Crippen LogP contribution in [0.3, 0.4) is 0 Å². The molecule has 1 aromatic rings. The highest BCUT2D eigenvalue weighted by Crippen LogP contribution is 2.16. The molecule has 0 saturated carbocycles. The van der Waals surface area contributed by atoms with Gasteiger partial charge in [-0.05, 0) is 33.6 Å². The van der Waals surface area contributed by atoms with Crippen LogP contribution in [0.25, 0.3) is 0 Å². The predicted molar refractivity (Wildman–Crippen MR) is 95.9 cm³/mol. The summed E-state index contributed by atoms with van der Waals surface area (Å²) in [5.74, 6) is 0.364. The zero-order valence-corrected chi connectivity index (χ0v) is 16.4. The number of hydrogen-bond donors (Lipinski definition) is 0. The zero-order chi connectivity index (χ0) is 17.3. The minimum absolute atomic E-state index is 0.0199. The topological polar surface area (TPSA) is 36.9 Å². The van der Waals surface area contributed by atoms with Crippen molar-refractivity contribution in [1.29, 1.82) is 0 Å². The Bertz CT molecular complexity index is 416. The third-order valence-corrected chi connectivity index (χ3v) is 6.35. The summed E-state index contributed by atoms with van der Waals surface area (Å²) >= 11 is 0. The van der Waals surface area contributed by atoms with Gasteiger partial charge in [-0.25, -0.2) is 0 Å². The summed E-state index contributed by atoms with van der Waals surface area (Å²) in [6, 6.07) is 10.0. The second-order valence-electron chi connectivity index (χ2n) is 6.07. The van der Waals surface area contributed by atoms with Crippen molar-refractivity contribution in [2.24, 2.45) is 5.92 Å². The molecule has 0 N–H and O–H groups in total. The maximum atomic E-state index is 6.29. The van der Waals surface area contributed by atoms with Crippen molar-refractivity contribution in [3.63, 3.8) is 0 Å². The third kappa shape index (κ3) is 6.35. The lowest BCUT2D eigenvalue weighted by atomic mass is 10.1. The molecule has 23 heavy (non-hydrogen) atoms. The molecule has 0 heterocycles. The normalized spacial score (nSPS) is 13.7. The first kappa shape index (κ1) is 20.3. The van der Waals surface area contributed by atoms with Gasteiger partial charge < -0.3 is 18.0 Å². The largest absolute Gasteiger partial charge is 0.537 e. The Hall–Kier alpha value is -0.723. The molecule has 0 amide bonds. The van der Waals surface area contributed by atoms with Gasteiger partial charge in [0.15, 0.2) is 0 Å². The lowest BCUT2D eigenvalue weighted by molar-refractivity contribution is -0.0565. The summed E-state index contributed by atoms with van der Waals surface area (Å²) in [6.45, 7) is 13.9. The van der Waals surface area contributed by atoms with Crippen LogP contribution in [-0.2, 0) is 18.0 Å². The molecule has 1 rings (SSSR count). The van der Waals surface area contributed by atoms with Crippen molar-refractivity contribution in [3.8, 4) is 0 Å². The Balaban J connectivity index is 2.95. The van der Waals surface area contributed by atoms with E-state index in [9.17, 15) is 0 Å². The minimum atomic E-state index is -2.91. The summed E-state index contributed by atoms with van der Waals surface area (Å²) in [7, 11) is -2.91. The Morgan fingerprint density at radius 1 is 0.870 bits per heavy atom. The Kier molecular flexibility index (Phi) is 9.02. The van der Waals surface area contributed by atoms with Crippen LogP contribution < -0.4 is 5.19 Å². The standard InChI is InChI=1S/C18H32O4Si/c1-7-19-23(20-8-2,17-12-10-9-11-13-17)21-14-18(15(3)4)22-16(5)6/h9-13,15-16,18H,7-8,14H2,1-6H3. The van der Waals surface area contributed by atoms with Crippen LogP contribution in [0.4, 0.5) is 0 Å². The van der Waals surface area contributed by atoms with E-state index >= 15 is 0 Å². The van der Waals surface area contributed by atoms with Gasteiger partial charge in [0.2, 0.25) is 0 Å². The van der Waals surface area contributed by atoms with Crippen LogP contribution in [0.5, 0.6) is 0 Å². The molecular weight excluding hydrogens is 308 g/mol. The van der Waals surface area contributed by atoms with Crippen molar-refractivity contribution in [2.45, 2.75) is 53.8 Å². The number of hydrogen-bond acceptors (Lipinski definition) is 4. The molecule has 0 bridgehead atoms. The van der Waals surface area contributed by atoms with Crippen LogP contribution in [0.15, 0.2) is 30.3 Å². The van der Waals surface area contributed by atoms with Crippen LogP contribution in [-0.4, -0.2) is 40.8 Å². The summed E-state index contributed by atoms with van der Waals surface area (Å²) in [5, 5.41) is 0.996. The lowest BCUT2D eigenvalue weighted by Gasteiger charge is -2.32. The summed E-state index contributed by atoms with van der Waals surface area (Å²) in [4.78, 5) is 0. The molecule has 5 heteroatoms. The van der Waals surface area contributed by atoms with E-state index in [1.165, 1.54) is 0 Å². The maximum absolute atomic E-state index is 6.29. The van der Waals surface area contributed by atoms with Crippen LogP contribution in [0.2, 0.25) is 0 Å². The monoisotopic (exact) mass is 340 g/mol. The molecule has 0 fully saturated rings. The Morgan fingerprint density at radius 3 is 1.87 bits per heavy atom. The van der Waals surface area contributed by atoms with Crippen molar-refractivity contribution in [3.05, 3.63) is 30.3 Å². The van der Waals surface area contributed by atoms with Gasteiger partial charge in [-0.1, -0.05) is 44.2 Å². The molecule has 0 aliphatic carbocycles. The van der Waals surface area contributed by atoms with E-state index in [0.717, 1.165) is 5.19 Å². The quantitative estimate of drug-likeness (QED) is 0.579. The maximum Gasteiger partial charge on any atom is 0.537 e. The highest BCUT2D eigenvalue weighted by molar-refractivity contribution is 6.75. The SMILES string of the molecule is CCO[Si](OCC)(OCC(OC(C)C)C(C)C)c1ccccc1. The fraction of sp³-hybridized carbons (Fsp3) is 0.667. The molecule has 4 nitrogen and oxygen atoms in total. The molecule has 0 spiro atoms. The Morgan fingerprint density at radius 2 is 1.43 bits per heavy atom. The average Bonchev–Trinajstić information content (AvgIpc) is 2.52. The van der Waals surface area contributed by atoms with Crippen LogP contribution in [0, 0.1) is 5.92 Å². The van der Waals surface area contributed by atoms with Gasteiger partial charge in [-0.3, -0.25) is 0 Å². The van der Waals surface area contributed by atoms with E-state index in [1.54, 1.807) is 0 Å². The fourth-order valence-electron chi connectivity index (χ4n) is 2.33. The predicted octanol–water partition coefficient (Wildman–Crippen LogP) is 3.37. The molecule has 1 unspecified atom stereocenters. The van der Waals surface area contributed by atoms with Gasteiger partial charge >= 0.3 is 8.80 Å². The highest BCUT2D eigenvalue weighted by atomic mass is 28.4. The minimum Gasteiger partial charge on any atom is -0.373 e. The van der Waals surface area contributed by atoms with Gasteiger partial charge in [0, 0.05) is 18.4 Å². The first-order chi connectivity index (χ1) is 10.9. The van der Waals surface area contributed by atoms with Gasteiger partial charge in [-0.2, -0.15) is 0 Å². The van der Waals surface area contributed by atoms with Gasteiger partial charge in [0.1, 0.15) is 0 Å². The summed E-state index contributed by atoms with van der Waals surface area (Å²) < 4.78 is 24.3. The van der Waals surface area contributed by atoms with Crippen LogP contribution >= 0.6 is 0 Å². The molecule has 0 saturated heterocycles. The number of benzene rings is 1. The van der Waals surface area contributed by atoms with Gasteiger partial charge in [0.05, 0.1) is 18.8 Å². The highest BCUT2D eigenvalue weighted by Gasteiger charge is 2.44. The van der Waals surface area contributed by atoms with Crippen molar-refractivity contribution in [1.82, 2.24) is 0 Å². The van der Waals surface area contributed by atoms with Crippen LogP contribution in [0.1, 0.15) is 41.5 Å². The van der Waals surface area contributed by atoms with Gasteiger partial charge in [0.25, 0.3) is 0 Å². The molecule has 132 valence electrons. The molecule has 0 radical (unpaired) electrons. The third-order valence-electron chi connectivity index (χ3n) is 3.42. The first-order valence-corrected chi connectivity index (χ1v) is 10.3. The van der Waals surface area contributed by atoms with E-state index in [0.29, 0.717) is 25.7 Å². The molecule has 0 aliphatic heterocycles. The molecule has 0 aromatic heterocycles. The van der Waals surface area contributed by atoms with E-state index in [4.69, 9.17) is 18.0 Å². The van der Waals surface area contributed by atoms with E-state index in [1.807, 2.05) is 58.0 Å². The zero-order valence-electron chi connectivity index (χ0n) is 15.4. The number of ether oxygens (including phenoxy) is 1.